The van der Waals surface area contributed by atoms with Crippen LogP contribution in [0.15, 0.2) is 11.8 Å². The largest absolute Gasteiger partial charge is 0.475 e. The van der Waals surface area contributed by atoms with Gasteiger partial charge in [-0.15, -0.1) is 0 Å². The zero-order chi connectivity index (χ0) is 13.7. The summed E-state index contributed by atoms with van der Waals surface area (Å²) in [4.78, 5) is 11.1. The number of carbonyl (C=O) groups is 1. The van der Waals surface area contributed by atoms with E-state index in [0.29, 0.717) is 18.9 Å². The van der Waals surface area contributed by atoms with Crippen LogP contribution in [0.5, 0.6) is 0 Å². The highest BCUT2D eigenvalue weighted by Crippen LogP contribution is 2.39. The molecule has 2 atom stereocenters. The van der Waals surface area contributed by atoms with Gasteiger partial charge in [0.15, 0.2) is 0 Å². The zero-order valence-corrected chi connectivity index (χ0v) is 11.1. The molecule has 2 aliphatic rings. The molecule has 0 radical (unpaired) electrons. The Kier molecular flexibility index (Phi) is 5.22. The third kappa shape index (κ3) is 3.94. The zero-order valence-electron chi connectivity index (χ0n) is 11.1. The summed E-state index contributed by atoms with van der Waals surface area (Å²) in [6.07, 6.45) is 7.06. The SMILES string of the molecule is O=C(O)C1=C[C@@H](C2CCC2)C[C@@H](OCCCCO)O1. The van der Waals surface area contributed by atoms with Gasteiger partial charge in [-0.1, -0.05) is 6.42 Å². The molecule has 2 N–H and O–H groups in total. The minimum absolute atomic E-state index is 0.0234. The molecular formula is C14H22O5. The van der Waals surface area contributed by atoms with Crippen molar-refractivity contribution >= 4 is 5.97 Å². The lowest BCUT2D eigenvalue weighted by Crippen LogP contribution is -2.33. The number of hydrogen-bond acceptors (Lipinski definition) is 4. The Balaban J connectivity index is 1.87. The molecule has 1 heterocycles. The Labute approximate surface area is 113 Å². The van der Waals surface area contributed by atoms with Gasteiger partial charge in [-0.3, -0.25) is 0 Å². The number of aliphatic hydroxyl groups is 1. The first-order chi connectivity index (χ1) is 9.20. The molecular weight excluding hydrogens is 248 g/mol. The van der Waals surface area contributed by atoms with Crippen LogP contribution in [0.2, 0.25) is 0 Å². The normalized spacial score (nSPS) is 27.3. The van der Waals surface area contributed by atoms with Gasteiger partial charge in [0.1, 0.15) is 0 Å². The van der Waals surface area contributed by atoms with Gasteiger partial charge >= 0.3 is 5.97 Å². The number of aliphatic carboxylic acids is 1. The molecule has 0 bridgehead atoms. The molecule has 0 unspecified atom stereocenters. The predicted octanol–water partition coefficient (Wildman–Crippen LogP) is 1.91. The van der Waals surface area contributed by atoms with E-state index in [2.05, 4.69) is 0 Å². The molecule has 0 amide bonds. The van der Waals surface area contributed by atoms with Crippen LogP contribution in [-0.4, -0.2) is 35.7 Å². The smallest absolute Gasteiger partial charge is 0.370 e. The van der Waals surface area contributed by atoms with E-state index in [1.807, 2.05) is 0 Å². The molecule has 5 heteroatoms. The highest BCUT2D eigenvalue weighted by atomic mass is 16.7. The minimum atomic E-state index is -1.02. The van der Waals surface area contributed by atoms with Crippen molar-refractivity contribution in [2.45, 2.75) is 44.8 Å². The number of hydrogen-bond donors (Lipinski definition) is 2. The average Bonchev–Trinajstić information content (AvgIpc) is 2.32. The average molecular weight is 270 g/mol. The number of carboxylic acid groups (broad SMARTS) is 1. The van der Waals surface area contributed by atoms with Gasteiger partial charge in [0.25, 0.3) is 0 Å². The first-order valence-corrected chi connectivity index (χ1v) is 7.05. The van der Waals surface area contributed by atoms with Crippen molar-refractivity contribution in [1.29, 1.82) is 0 Å². The van der Waals surface area contributed by atoms with E-state index in [9.17, 15) is 4.79 Å². The number of aliphatic hydroxyl groups excluding tert-OH is 1. The monoisotopic (exact) mass is 270 g/mol. The Bertz CT molecular complexity index is 335. The highest BCUT2D eigenvalue weighted by Gasteiger charge is 2.34. The molecule has 19 heavy (non-hydrogen) atoms. The van der Waals surface area contributed by atoms with Gasteiger partial charge in [-0.25, -0.2) is 4.79 Å². The van der Waals surface area contributed by atoms with Crippen molar-refractivity contribution in [1.82, 2.24) is 0 Å². The molecule has 0 aromatic heterocycles. The summed E-state index contributed by atoms with van der Waals surface area (Å²) in [7, 11) is 0. The lowest BCUT2D eigenvalue weighted by Gasteiger charge is -2.37. The molecule has 0 aromatic carbocycles. The van der Waals surface area contributed by atoms with Gasteiger partial charge in [0.2, 0.25) is 12.0 Å². The van der Waals surface area contributed by atoms with E-state index >= 15 is 0 Å². The number of unbranched alkanes of at least 4 members (excludes halogenated alkanes) is 1. The number of carboxylic acids is 1. The molecule has 5 nitrogen and oxygen atoms in total. The Morgan fingerprint density at radius 2 is 2.21 bits per heavy atom. The van der Waals surface area contributed by atoms with Gasteiger partial charge in [0, 0.05) is 13.0 Å². The van der Waals surface area contributed by atoms with Gasteiger partial charge in [-0.05, 0) is 43.6 Å². The van der Waals surface area contributed by atoms with Crippen LogP contribution in [-0.2, 0) is 14.3 Å². The van der Waals surface area contributed by atoms with E-state index in [1.165, 1.54) is 19.3 Å². The van der Waals surface area contributed by atoms with Crippen molar-refractivity contribution in [2.24, 2.45) is 11.8 Å². The van der Waals surface area contributed by atoms with Crippen molar-refractivity contribution < 1.29 is 24.5 Å². The van der Waals surface area contributed by atoms with Crippen LogP contribution < -0.4 is 0 Å². The van der Waals surface area contributed by atoms with Crippen molar-refractivity contribution in [2.75, 3.05) is 13.2 Å². The molecule has 108 valence electrons. The summed E-state index contributed by atoms with van der Waals surface area (Å²) in [5.74, 6) is -0.151. The Hall–Kier alpha value is -1.07. The number of allylic oxidation sites excluding steroid dienone is 1. The molecule has 1 fully saturated rings. The van der Waals surface area contributed by atoms with E-state index in [0.717, 1.165) is 12.8 Å². The topological polar surface area (TPSA) is 76.0 Å². The van der Waals surface area contributed by atoms with Crippen LogP contribution in [0, 0.1) is 11.8 Å². The van der Waals surface area contributed by atoms with Crippen molar-refractivity contribution in [3.05, 3.63) is 11.8 Å². The second kappa shape index (κ2) is 6.91. The van der Waals surface area contributed by atoms with Crippen LogP contribution in [0.25, 0.3) is 0 Å². The highest BCUT2D eigenvalue weighted by molar-refractivity contribution is 5.84. The van der Waals surface area contributed by atoms with E-state index in [-0.39, 0.29) is 18.3 Å². The molecule has 2 rings (SSSR count). The van der Waals surface area contributed by atoms with E-state index in [1.54, 1.807) is 6.08 Å². The van der Waals surface area contributed by atoms with Crippen molar-refractivity contribution in [3.63, 3.8) is 0 Å². The van der Waals surface area contributed by atoms with Gasteiger partial charge in [0.05, 0.1) is 6.61 Å². The summed E-state index contributed by atoms with van der Waals surface area (Å²) in [5, 5.41) is 17.8. The fraction of sp³-hybridized carbons (Fsp3) is 0.786. The second-order valence-corrected chi connectivity index (χ2v) is 5.28. The first kappa shape index (κ1) is 14.3. The standard InChI is InChI=1S/C14H22O5/c15-6-1-2-7-18-13-9-11(10-4-3-5-10)8-12(19-13)14(16)17/h8,10-11,13,15H,1-7,9H2,(H,16,17)/t11-,13+/m1/s1. The van der Waals surface area contributed by atoms with E-state index < -0.39 is 12.3 Å². The summed E-state index contributed by atoms with van der Waals surface area (Å²) in [6, 6.07) is 0. The lowest BCUT2D eigenvalue weighted by atomic mass is 9.73. The van der Waals surface area contributed by atoms with Crippen LogP contribution in [0.4, 0.5) is 0 Å². The fourth-order valence-electron chi connectivity index (χ4n) is 2.56. The van der Waals surface area contributed by atoms with Gasteiger partial charge < -0.3 is 19.7 Å². The summed E-state index contributed by atoms with van der Waals surface area (Å²) >= 11 is 0. The fourth-order valence-corrected chi connectivity index (χ4v) is 2.56. The van der Waals surface area contributed by atoms with Crippen LogP contribution in [0.1, 0.15) is 38.5 Å². The second-order valence-electron chi connectivity index (χ2n) is 5.28. The van der Waals surface area contributed by atoms with Crippen molar-refractivity contribution in [3.8, 4) is 0 Å². The van der Waals surface area contributed by atoms with E-state index in [4.69, 9.17) is 19.7 Å². The van der Waals surface area contributed by atoms with Crippen LogP contribution in [0.3, 0.4) is 0 Å². The maximum absolute atomic E-state index is 11.1. The van der Waals surface area contributed by atoms with Crippen LogP contribution >= 0.6 is 0 Å². The molecule has 1 aliphatic carbocycles. The predicted molar refractivity (Wildman–Crippen MR) is 68.3 cm³/mol. The minimum Gasteiger partial charge on any atom is -0.475 e. The third-order valence-corrected chi connectivity index (χ3v) is 3.91. The maximum atomic E-state index is 11.1. The quantitative estimate of drug-likeness (QED) is 0.691. The maximum Gasteiger partial charge on any atom is 0.370 e. The molecule has 0 spiro atoms. The lowest BCUT2D eigenvalue weighted by molar-refractivity contribution is -0.161. The summed E-state index contributed by atoms with van der Waals surface area (Å²) < 4.78 is 10.9. The number of rotatable bonds is 7. The first-order valence-electron chi connectivity index (χ1n) is 7.05. The third-order valence-electron chi connectivity index (χ3n) is 3.91. The molecule has 0 aromatic rings. The molecule has 1 saturated carbocycles. The summed E-state index contributed by atoms with van der Waals surface area (Å²) in [5.41, 5.74) is 0. The number of ether oxygens (including phenoxy) is 2. The molecule has 0 saturated heterocycles. The summed E-state index contributed by atoms with van der Waals surface area (Å²) in [6.45, 7) is 0.648. The Morgan fingerprint density at radius 1 is 1.42 bits per heavy atom. The Morgan fingerprint density at radius 3 is 2.79 bits per heavy atom. The molecule has 1 aliphatic heterocycles. The van der Waals surface area contributed by atoms with Gasteiger partial charge in [-0.2, -0.15) is 0 Å².